The number of ether oxygens (including phenoxy) is 1. The molecule has 0 radical (unpaired) electrons. The lowest BCUT2D eigenvalue weighted by atomic mass is 10.1. The number of allylic oxidation sites excluding steroid dienone is 3. The minimum absolute atomic E-state index is 0.722. The minimum atomic E-state index is 0.722. The number of hydrogen-bond donors (Lipinski definition) is 1. The van der Waals surface area contributed by atoms with E-state index in [1.54, 1.807) is 19.5 Å². The monoisotopic (exact) mass is 391 g/mol. The Labute approximate surface area is 172 Å². The number of likely N-dealkylation sites (N-methyl/N-ethyl adjacent to an activating group) is 1. The van der Waals surface area contributed by atoms with Crippen molar-refractivity contribution in [3.63, 3.8) is 0 Å². The van der Waals surface area contributed by atoms with Crippen LogP contribution < -0.4 is 5.32 Å². The molecule has 0 spiro atoms. The molecule has 1 fully saturated rings. The first kappa shape index (κ1) is 19.5. The average Bonchev–Trinajstić information content (AvgIpc) is 2.91. The molecule has 0 atom stereocenters. The van der Waals surface area contributed by atoms with Crippen LogP contribution in [0, 0.1) is 0 Å². The van der Waals surface area contributed by atoms with Crippen LogP contribution in [-0.4, -0.2) is 60.1 Å². The summed E-state index contributed by atoms with van der Waals surface area (Å²) in [5, 5.41) is 3.66. The van der Waals surface area contributed by atoms with Crippen molar-refractivity contribution in [3.05, 3.63) is 71.0 Å². The largest absolute Gasteiger partial charge is 0.499 e. The van der Waals surface area contributed by atoms with E-state index >= 15 is 0 Å². The summed E-state index contributed by atoms with van der Waals surface area (Å²) in [7, 11) is 3.96. The third kappa shape index (κ3) is 4.43. The van der Waals surface area contributed by atoms with Crippen molar-refractivity contribution in [2.75, 3.05) is 40.3 Å². The summed E-state index contributed by atoms with van der Waals surface area (Å²) in [6.07, 6.45) is 8.68. The Kier molecular flexibility index (Phi) is 5.81. The molecule has 2 aliphatic rings. The van der Waals surface area contributed by atoms with Gasteiger partial charge in [-0.1, -0.05) is 17.7 Å². The Morgan fingerprint density at radius 1 is 1.03 bits per heavy atom. The fourth-order valence-corrected chi connectivity index (χ4v) is 3.85. The lowest BCUT2D eigenvalue weighted by molar-refractivity contribution is 0.173. The number of nitrogens with zero attached hydrogens (tertiary/aromatic N) is 4. The van der Waals surface area contributed by atoms with E-state index < -0.39 is 0 Å². The van der Waals surface area contributed by atoms with Gasteiger partial charge in [-0.2, -0.15) is 0 Å². The van der Waals surface area contributed by atoms with Crippen LogP contribution in [0.3, 0.4) is 0 Å². The summed E-state index contributed by atoms with van der Waals surface area (Å²) in [6, 6.07) is 6.24. The van der Waals surface area contributed by atoms with E-state index in [1.165, 1.54) is 16.8 Å². The van der Waals surface area contributed by atoms with Gasteiger partial charge in [0.05, 0.1) is 29.5 Å². The zero-order valence-electron chi connectivity index (χ0n) is 17.5. The van der Waals surface area contributed by atoms with Gasteiger partial charge in [0.1, 0.15) is 5.76 Å². The van der Waals surface area contributed by atoms with Crippen molar-refractivity contribution >= 4 is 11.0 Å². The van der Waals surface area contributed by atoms with Crippen LogP contribution in [0.15, 0.2) is 65.5 Å². The van der Waals surface area contributed by atoms with Gasteiger partial charge < -0.3 is 19.9 Å². The predicted octanol–water partition coefficient (Wildman–Crippen LogP) is 3.06. The molecule has 2 aromatic rings. The second-order valence-corrected chi connectivity index (χ2v) is 7.77. The molecule has 0 unspecified atom stereocenters. The molecule has 6 heteroatoms. The fourth-order valence-electron chi connectivity index (χ4n) is 3.85. The topological polar surface area (TPSA) is 53.5 Å². The first-order valence-corrected chi connectivity index (χ1v) is 10.2. The highest BCUT2D eigenvalue weighted by molar-refractivity contribution is 5.74. The molecule has 1 aromatic carbocycles. The van der Waals surface area contributed by atoms with Crippen LogP contribution in [0.4, 0.5) is 0 Å². The number of rotatable bonds is 5. The number of nitrogens with one attached hydrogen (secondary N) is 1. The Balaban J connectivity index is 1.59. The minimum Gasteiger partial charge on any atom is -0.499 e. The van der Waals surface area contributed by atoms with Crippen LogP contribution in [0.1, 0.15) is 18.9 Å². The van der Waals surface area contributed by atoms with Gasteiger partial charge in [-0.3, -0.25) is 9.97 Å². The van der Waals surface area contributed by atoms with E-state index in [2.05, 4.69) is 63.3 Å². The number of methoxy groups -OCH3 is 1. The maximum Gasteiger partial charge on any atom is 0.125 e. The van der Waals surface area contributed by atoms with Crippen molar-refractivity contribution in [1.29, 1.82) is 0 Å². The van der Waals surface area contributed by atoms with Crippen molar-refractivity contribution in [2.24, 2.45) is 0 Å². The standard InChI is InChI=1S/C23H29N5O/c1-17-4-6-20(23(22(14-17)29-3)28-12-10-27(2)11-13-28)26-16-18-5-7-19-21(15-18)25-9-8-24-19/h4-9,15,26H,10-14,16H2,1-3H3. The third-order valence-corrected chi connectivity index (χ3v) is 5.58. The van der Waals surface area contributed by atoms with Crippen LogP contribution in [0.25, 0.3) is 11.0 Å². The second kappa shape index (κ2) is 8.66. The van der Waals surface area contributed by atoms with Crippen molar-refractivity contribution in [2.45, 2.75) is 19.9 Å². The van der Waals surface area contributed by atoms with Crippen LogP contribution in [0.5, 0.6) is 0 Å². The maximum atomic E-state index is 5.86. The van der Waals surface area contributed by atoms with Gasteiger partial charge in [0.25, 0.3) is 0 Å². The molecular formula is C23H29N5O. The molecule has 1 aliphatic heterocycles. The number of hydrogen-bond acceptors (Lipinski definition) is 6. The van der Waals surface area contributed by atoms with E-state index in [1.807, 2.05) is 6.07 Å². The first-order valence-electron chi connectivity index (χ1n) is 10.2. The van der Waals surface area contributed by atoms with E-state index in [-0.39, 0.29) is 0 Å². The van der Waals surface area contributed by atoms with Crippen LogP contribution >= 0.6 is 0 Å². The summed E-state index contributed by atoms with van der Waals surface area (Å²) in [6.45, 7) is 7.00. The highest BCUT2D eigenvalue weighted by Crippen LogP contribution is 2.28. The van der Waals surface area contributed by atoms with E-state index in [9.17, 15) is 0 Å². The molecule has 1 N–H and O–H groups in total. The van der Waals surface area contributed by atoms with Gasteiger partial charge in [-0.25, -0.2) is 0 Å². The summed E-state index contributed by atoms with van der Waals surface area (Å²) in [5.74, 6) is 1.03. The van der Waals surface area contributed by atoms with E-state index in [0.29, 0.717) is 0 Å². The average molecular weight is 392 g/mol. The smallest absolute Gasteiger partial charge is 0.125 e. The SMILES string of the molecule is COC1=C(N2CCN(C)CC2)C(NCc2ccc3nccnc3c2)=CC=C(C)C1. The molecule has 4 rings (SSSR count). The molecular weight excluding hydrogens is 362 g/mol. The number of aromatic nitrogens is 2. The van der Waals surface area contributed by atoms with Crippen molar-refractivity contribution in [1.82, 2.24) is 25.1 Å². The zero-order chi connectivity index (χ0) is 20.2. The summed E-state index contributed by atoms with van der Waals surface area (Å²) >= 11 is 0. The Hall–Kier alpha value is -2.86. The molecule has 1 saturated heterocycles. The van der Waals surface area contributed by atoms with Crippen LogP contribution in [-0.2, 0) is 11.3 Å². The Morgan fingerprint density at radius 3 is 2.55 bits per heavy atom. The summed E-state index contributed by atoms with van der Waals surface area (Å²) < 4.78 is 5.86. The van der Waals surface area contributed by atoms with Crippen molar-refractivity contribution < 1.29 is 4.74 Å². The fraction of sp³-hybridized carbons (Fsp3) is 0.391. The molecule has 6 nitrogen and oxygen atoms in total. The molecule has 1 aromatic heterocycles. The lowest BCUT2D eigenvalue weighted by Crippen LogP contribution is -2.45. The van der Waals surface area contributed by atoms with Crippen LogP contribution in [0.2, 0.25) is 0 Å². The zero-order valence-corrected chi connectivity index (χ0v) is 17.5. The van der Waals surface area contributed by atoms with Gasteiger partial charge in [0.2, 0.25) is 0 Å². The van der Waals surface area contributed by atoms with Gasteiger partial charge in [0, 0.05) is 51.5 Å². The Bertz CT molecular complexity index is 970. The predicted molar refractivity (Wildman–Crippen MR) is 116 cm³/mol. The highest BCUT2D eigenvalue weighted by atomic mass is 16.5. The maximum absolute atomic E-state index is 5.86. The first-order chi connectivity index (χ1) is 14.1. The molecule has 29 heavy (non-hydrogen) atoms. The van der Waals surface area contributed by atoms with Gasteiger partial charge >= 0.3 is 0 Å². The quantitative estimate of drug-likeness (QED) is 0.846. The van der Waals surface area contributed by atoms with E-state index in [4.69, 9.17) is 4.74 Å². The molecule has 2 heterocycles. The molecule has 0 saturated carbocycles. The summed E-state index contributed by atoms with van der Waals surface area (Å²) in [5.41, 5.74) is 6.62. The highest BCUT2D eigenvalue weighted by Gasteiger charge is 2.24. The lowest BCUT2D eigenvalue weighted by Gasteiger charge is -2.37. The van der Waals surface area contributed by atoms with E-state index in [0.717, 1.165) is 61.6 Å². The number of fused-ring (bicyclic) bond motifs is 1. The molecule has 152 valence electrons. The number of benzene rings is 1. The number of piperazine rings is 1. The molecule has 0 bridgehead atoms. The Morgan fingerprint density at radius 2 is 1.79 bits per heavy atom. The van der Waals surface area contributed by atoms with Gasteiger partial charge in [-0.15, -0.1) is 0 Å². The van der Waals surface area contributed by atoms with Crippen molar-refractivity contribution in [3.8, 4) is 0 Å². The third-order valence-electron chi connectivity index (χ3n) is 5.58. The molecule has 0 amide bonds. The van der Waals surface area contributed by atoms with Gasteiger partial charge in [-0.05, 0) is 37.7 Å². The molecule has 1 aliphatic carbocycles. The summed E-state index contributed by atoms with van der Waals surface area (Å²) in [4.78, 5) is 13.6. The van der Waals surface area contributed by atoms with Gasteiger partial charge in [0.15, 0.2) is 0 Å². The second-order valence-electron chi connectivity index (χ2n) is 7.77. The normalized spacial score (nSPS) is 18.4.